The van der Waals surface area contributed by atoms with Gasteiger partial charge in [-0.3, -0.25) is 0 Å². The van der Waals surface area contributed by atoms with Gasteiger partial charge in [-0.2, -0.15) is 0 Å². The first kappa shape index (κ1) is 12.5. The van der Waals surface area contributed by atoms with Crippen LogP contribution in [0.15, 0.2) is 36.4 Å². The van der Waals surface area contributed by atoms with Crippen molar-refractivity contribution in [2.75, 3.05) is 5.32 Å². The van der Waals surface area contributed by atoms with Gasteiger partial charge in [0, 0.05) is 12.2 Å². The molecule has 0 unspecified atom stereocenters. The van der Waals surface area contributed by atoms with E-state index in [0.717, 1.165) is 17.8 Å². The van der Waals surface area contributed by atoms with Crippen molar-refractivity contribution in [1.82, 2.24) is 0 Å². The van der Waals surface area contributed by atoms with E-state index in [1.54, 1.807) is 6.07 Å². The first-order valence-corrected chi connectivity index (χ1v) is 6.16. The molecule has 18 heavy (non-hydrogen) atoms. The van der Waals surface area contributed by atoms with E-state index < -0.39 is 0 Å². The van der Waals surface area contributed by atoms with Crippen LogP contribution in [0.3, 0.4) is 0 Å². The van der Waals surface area contributed by atoms with Gasteiger partial charge in [-0.15, -0.1) is 0 Å². The van der Waals surface area contributed by atoms with Crippen LogP contribution in [0, 0.1) is 20.8 Å². The summed E-state index contributed by atoms with van der Waals surface area (Å²) in [6.45, 7) is 6.98. The fourth-order valence-electron chi connectivity index (χ4n) is 1.97. The average Bonchev–Trinajstić information content (AvgIpc) is 2.35. The molecule has 0 spiro atoms. The Hall–Kier alpha value is -1.96. The second kappa shape index (κ2) is 5.13. The lowest BCUT2D eigenvalue weighted by molar-refractivity contribution is 0.471. The first-order chi connectivity index (χ1) is 8.58. The summed E-state index contributed by atoms with van der Waals surface area (Å²) in [6.07, 6.45) is 0. The second-order valence-corrected chi connectivity index (χ2v) is 4.71. The number of anilines is 1. The number of nitrogens with one attached hydrogen (secondary N) is 1. The highest BCUT2D eigenvalue weighted by molar-refractivity contribution is 5.51. The Kier molecular flexibility index (Phi) is 3.56. The molecule has 2 N–H and O–H groups in total. The topological polar surface area (TPSA) is 32.3 Å². The lowest BCUT2D eigenvalue weighted by Crippen LogP contribution is -2.02. The number of hydrogen-bond donors (Lipinski definition) is 2. The van der Waals surface area contributed by atoms with Gasteiger partial charge in [0.25, 0.3) is 0 Å². The van der Waals surface area contributed by atoms with Crippen LogP contribution in [0.4, 0.5) is 5.69 Å². The van der Waals surface area contributed by atoms with Crippen molar-refractivity contribution < 1.29 is 5.11 Å². The van der Waals surface area contributed by atoms with Gasteiger partial charge in [0.15, 0.2) is 0 Å². The zero-order valence-corrected chi connectivity index (χ0v) is 11.1. The molecule has 0 aliphatic carbocycles. The van der Waals surface area contributed by atoms with E-state index in [-0.39, 0.29) is 0 Å². The van der Waals surface area contributed by atoms with Crippen LogP contribution in [0.1, 0.15) is 22.3 Å². The van der Waals surface area contributed by atoms with Crippen LogP contribution in [-0.2, 0) is 6.54 Å². The molecular formula is C16H19NO. The third kappa shape index (κ3) is 2.65. The predicted molar refractivity (Wildman–Crippen MR) is 76.1 cm³/mol. The number of rotatable bonds is 3. The van der Waals surface area contributed by atoms with E-state index in [0.29, 0.717) is 5.75 Å². The Morgan fingerprint density at radius 3 is 2.50 bits per heavy atom. The van der Waals surface area contributed by atoms with E-state index in [2.05, 4.69) is 37.4 Å². The van der Waals surface area contributed by atoms with Crippen LogP contribution in [0.25, 0.3) is 0 Å². The Bertz CT molecular complexity index is 561. The van der Waals surface area contributed by atoms with Crippen molar-refractivity contribution in [1.29, 1.82) is 0 Å². The van der Waals surface area contributed by atoms with Crippen molar-refractivity contribution >= 4 is 5.69 Å². The average molecular weight is 241 g/mol. The van der Waals surface area contributed by atoms with E-state index in [4.69, 9.17) is 0 Å². The summed E-state index contributed by atoms with van der Waals surface area (Å²) in [7, 11) is 0. The monoisotopic (exact) mass is 241 g/mol. The lowest BCUT2D eigenvalue weighted by Gasteiger charge is -2.11. The van der Waals surface area contributed by atoms with Gasteiger partial charge in [-0.05, 0) is 61.2 Å². The van der Waals surface area contributed by atoms with Gasteiger partial charge < -0.3 is 10.4 Å². The standard InChI is InChI=1S/C16H19NO/c1-11-5-4-6-14(13(11)3)10-17-15-7-8-16(18)12(2)9-15/h4-9,17-18H,10H2,1-3H3. The summed E-state index contributed by atoms with van der Waals surface area (Å²) >= 11 is 0. The molecule has 2 heteroatoms. The molecule has 0 radical (unpaired) electrons. The Balaban J connectivity index is 2.11. The number of phenolic OH excluding ortho intramolecular Hbond substituents is 1. The van der Waals surface area contributed by atoms with E-state index in [1.807, 2.05) is 19.1 Å². The normalized spacial score (nSPS) is 10.4. The summed E-state index contributed by atoms with van der Waals surface area (Å²) in [5.74, 6) is 0.340. The van der Waals surface area contributed by atoms with Crippen molar-refractivity contribution in [2.45, 2.75) is 27.3 Å². The number of benzene rings is 2. The van der Waals surface area contributed by atoms with Crippen LogP contribution in [0.5, 0.6) is 5.75 Å². The van der Waals surface area contributed by atoms with Crippen molar-refractivity contribution in [3.8, 4) is 5.75 Å². The lowest BCUT2D eigenvalue weighted by atomic mass is 10.0. The van der Waals surface area contributed by atoms with Gasteiger partial charge in [-0.1, -0.05) is 18.2 Å². The Labute approximate surface area is 108 Å². The summed E-state index contributed by atoms with van der Waals surface area (Å²) < 4.78 is 0. The maximum absolute atomic E-state index is 9.48. The predicted octanol–water partition coefficient (Wildman–Crippen LogP) is 3.93. The summed E-state index contributed by atoms with van der Waals surface area (Å²) in [4.78, 5) is 0. The smallest absolute Gasteiger partial charge is 0.118 e. The van der Waals surface area contributed by atoms with E-state index in [1.165, 1.54) is 16.7 Å². The maximum atomic E-state index is 9.48. The fraction of sp³-hybridized carbons (Fsp3) is 0.250. The number of hydrogen-bond acceptors (Lipinski definition) is 2. The minimum Gasteiger partial charge on any atom is -0.508 e. The molecule has 0 fully saturated rings. The molecule has 0 aliphatic heterocycles. The molecule has 0 amide bonds. The molecule has 2 aromatic rings. The van der Waals surface area contributed by atoms with Gasteiger partial charge in [-0.25, -0.2) is 0 Å². The molecule has 0 bridgehead atoms. The zero-order chi connectivity index (χ0) is 13.1. The minimum absolute atomic E-state index is 0.340. The van der Waals surface area contributed by atoms with E-state index in [9.17, 15) is 5.11 Å². The van der Waals surface area contributed by atoms with Crippen LogP contribution < -0.4 is 5.32 Å². The number of phenols is 1. The highest BCUT2D eigenvalue weighted by Crippen LogP contribution is 2.21. The number of aromatic hydroxyl groups is 1. The zero-order valence-electron chi connectivity index (χ0n) is 11.1. The third-order valence-corrected chi connectivity index (χ3v) is 3.40. The molecule has 2 nitrogen and oxygen atoms in total. The maximum Gasteiger partial charge on any atom is 0.118 e. The van der Waals surface area contributed by atoms with E-state index >= 15 is 0 Å². The largest absolute Gasteiger partial charge is 0.508 e. The molecule has 2 aromatic carbocycles. The quantitative estimate of drug-likeness (QED) is 0.798. The fourth-order valence-corrected chi connectivity index (χ4v) is 1.97. The molecule has 0 aliphatic rings. The van der Waals surface area contributed by atoms with Gasteiger partial charge in [0.2, 0.25) is 0 Å². The van der Waals surface area contributed by atoms with Crippen molar-refractivity contribution in [2.24, 2.45) is 0 Å². The van der Waals surface area contributed by atoms with Crippen molar-refractivity contribution in [3.05, 3.63) is 58.7 Å². The third-order valence-electron chi connectivity index (χ3n) is 3.40. The molecule has 0 saturated heterocycles. The van der Waals surface area contributed by atoms with Crippen LogP contribution in [0.2, 0.25) is 0 Å². The molecular weight excluding hydrogens is 222 g/mol. The number of aryl methyl sites for hydroxylation is 2. The van der Waals surface area contributed by atoms with Gasteiger partial charge in [0.05, 0.1) is 0 Å². The van der Waals surface area contributed by atoms with Crippen LogP contribution >= 0.6 is 0 Å². The highest BCUT2D eigenvalue weighted by Gasteiger charge is 2.02. The Morgan fingerprint density at radius 1 is 1.00 bits per heavy atom. The highest BCUT2D eigenvalue weighted by atomic mass is 16.3. The van der Waals surface area contributed by atoms with Gasteiger partial charge >= 0.3 is 0 Å². The van der Waals surface area contributed by atoms with Crippen LogP contribution in [-0.4, -0.2) is 5.11 Å². The van der Waals surface area contributed by atoms with Gasteiger partial charge in [0.1, 0.15) is 5.75 Å². The molecule has 94 valence electrons. The molecule has 0 saturated carbocycles. The SMILES string of the molecule is Cc1cc(NCc2cccc(C)c2C)ccc1O. The summed E-state index contributed by atoms with van der Waals surface area (Å²) in [5, 5.41) is 12.9. The first-order valence-electron chi connectivity index (χ1n) is 6.16. The second-order valence-electron chi connectivity index (χ2n) is 4.71. The summed E-state index contributed by atoms with van der Waals surface area (Å²) in [5.41, 5.74) is 5.88. The summed E-state index contributed by atoms with van der Waals surface area (Å²) in [6, 6.07) is 11.9. The molecule has 0 heterocycles. The molecule has 2 rings (SSSR count). The molecule has 0 atom stereocenters. The molecule has 0 aromatic heterocycles. The van der Waals surface area contributed by atoms with Crippen molar-refractivity contribution in [3.63, 3.8) is 0 Å². The Morgan fingerprint density at radius 2 is 1.78 bits per heavy atom. The minimum atomic E-state index is 0.340.